The van der Waals surface area contributed by atoms with E-state index in [9.17, 15) is 0 Å². The van der Waals surface area contributed by atoms with Crippen molar-refractivity contribution in [3.05, 3.63) is 188 Å². The van der Waals surface area contributed by atoms with E-state index in [1.165, 1.54) is 54.2 Å². The number of aromatic nitrogens is 3. The molecule has 0 fully saturated rings. The zero-order valence-corrected chi connectivity index (χ0v) is 28.2. The fraction of sp³-hybridized carbons (Fsp3) is 0. The lowest BCUT2D eigenvalue weighted by Gasteiger charge is -2.16. The minimum Gasteiger partial charge on any atom is -0.208 e. The van der Waals surface area contributed by atoms with Crippen LogP contribution in [-0.4, -0.2) is 15.0 Å². The number of fused-ring (bicyclic) bond motifs is 8. The van der Waals surface area contributed by atoms with Crippen molar-refractivity contribution in [3.8, 4) is 56.4 Å². The first kappa shape index (κ1) is 29.9. The third-order valence-electron chi connectivity index (χ3n) is 10.1. The van der Waals surface area contributed by atoms with Gasteiger partial charge in [-0.05, 0) is 71.4 Å². The maximum absolute atomic E-state index is 4.91. The third kappa shape index (κ3) is 5.10. The first-order valence-electron chi connectivity index (χ1n) is 17.6. The molecule has 0 saturated heterocycles. The molecule has 10 aromatic rings. The normalized spacial score (nSPS) is 11.5. The minimum atomic E-state index is 0.651. The number of nitrogens with zero attached hydrogens (tertiary/aromatic N) is 3. The van der Waals surface area contributed by atoms with Crippen molar-refractivity contribution < 1.29 is 0 Å². The summed E-state index contributed by atoms with van der Waals surface area (Å²) < 4.78 is 0. The van der Waals surface area contributed by atoms with E-state index in [1.807, 2.05) is 60.7 Å². The Balaban J connectivity index is 1.04. The second kappa shape index (κ2) is 12.4. The zero-order valence-electron chi connectivity index (χ0n) is 28.2. The van der Waals surface area contributed by atoms with E-state index in [0.29, 0.717) is 17.5 Å². The summed E-state index contributed by atoms with van der Waals surface area (Å²) in [5.74, 6) is 1.97. The molecule has 0 radical (unpaired) electrons. The minimum absolute atomic E-state index is 0.651. The van der Waals surface area contributed by atoms with Crippen LogP contribution in [0.25, 0.3) is 99.5 Å². The average molecular weight is 662 g/mol. The summed E-state index contributed by atoms with van der Waals surface area (Å²) >= 11 is 0. The Bertz CT molecular complexity index is 2860. The van der Waals surface area contributed by atoms with Crippen LogP contribution < -0.4 is 0 Å². The van der Waals surface area contributed by atoms with Gasteiger partial charge in [0, 0.05) is 16.7 Å². The summed E-state index contributed by atoms with van der Waals surface area (Å²) in [5.41, 5.74) is 7.59. The molecular formula is C49H31N3. The quantitative estimate of drug-likeness (QED) is 0.172. The molecule has 1 heterocycles. The molecule has 0 aliphatic heterocycles. The zero-order chi connectivity index (χ0) is 34.4. The summed E-state index contributed by atoms with van der Waals surface area (Å²) in [6, 6.07) is 66.5. The third-order valence-corrected chi connectivity index (χ3v) is 10.1. The van der Waals surface area contributed by atoms with Crippen LogP contribution in [0, 0.1) is 0 Å². The highest BCUT2D eigenvalue weighted by molar-refractivity contribution is 6.33. The van der Waals surface area contributed by atoms with Gasteiger partial charge in [0.2, 0.25) is 0 Å². The van der Waals surface area contributed by atoms with Crippen molar-refractivity contribution in [1.29, 1.82) is 0 Å². The summed E-state index contributed by atoms with van der Waals surface area (Å²) in [7, 11) is 0. The van der Waals surface area contributed by atoms with Crippen LogP contribution in [-0.2, 0) is 0 Å². The topological polar surface area (TPSA) is 38.7 Å². The summed E-state index contributed by atoms with van der Waals surface area (Å²) in [5, 5.41) is 10.3. The molecule has 3 nitrogen and oxygen atoms in total. The van der Waals surface area contributed by atoms with Crippen LogP contribution >= 0.6 is 0 Å². The van der Waals surface area contributed by atoms with Crippen LogP contribution in [0.5, 0.6) is 0 Å². The highest BCUT2D eigenvalue weighted by Crippen LogP contribution is 2.43. The van der Waals surface area contributed by atoms with Crippen molar-refractivity contribution in [2.75, 3.05) is 0 Å². The lowest BCUT2D eigenvalue weighted by molar-refractivity contribution is 1.07. The van der Waals surface area contributed by atoms with Gasteiger partial charge in [0.05, 0.1) is 0 Å². The van der Waals surface area contributed by atoms with Gasteiger partial charge < -0.3 is 0 Å². The van der Waals surface area contributed by atoms with Gasteiger partial charge in [0.1, 0.15) is 0 Å². The van der Waals surface area contributed by atoms with E-state index in [2.05, 4.69) is 127 Å². The summed E-state index contributed by atoms with van der Waals surface area (Å²) in [6.07, 6.45) is 0. The Kier molecular flexibility index (Phi) is 7.14. The van der Waals surface area contributed by atoms with Crippen molar-refractivity contribution in [2.45, 2.75) is 0 Å². The fourth-order valence-corrected chi connectivity index (χ4v) is 7.60. The van der Waals surface area contributed by atoms with Gasteiger partial charge in [-0.3, -0.25) is 0 Å². The smallest absolute Gasteiger partial charge is 0.164 e. The molecule has 1 aromatic heterocycles. The molecule has 0 bridgehead atoms. The summed E-state index contributed by atoms with van der Waals surface area (Å²) in [4.78, 5) is 14.7. The molecule has 0 N–H and O–H groups in total. The highest BCUT2D eigenvalue weighted by atomic mass is 15.0. The second-order valence-electron chi connectivity index (χ2n) is 13.2. The monoisotopic (exact) mass is 661 g/mol. The van der Waals surface area contributed by atoms with Crippen LogP contribution in [0.1, 0.15) is 0 Å². The van der Waals surface area contributed by atoms with Crippen LogP contribution in [0.15, 0.2) is 188 Å². The molecule has 242 valence electrons. The molecule has 0 aliphatic carbocycles. The van der Waals surface area contributed by atoms with Gasteiger partial charge in [0.15, 0.2) is 17.5 Å². The first-order chi connectivity index (χ1) is 25.8. The number of rotatable bonds is 5. The van der Waals surface area contributed by atoms with E-state index in [1.54, 1.807) is 0 Å². The Hall–Kier alpha value is -6.97. The number of hydrogen-bond donors (Lipinski definition) is 0. The van der Waals surface area contributed by atoms with Crippen LogP contribution in [0.2, 0.25) is 0 Å². The molecular weight excluding hydrogens is 631 g/mol. The van der Waals surface area contributed by atoms with Gasteiger partial charge in [-0.15, -0.1) is 0 Å². The first-order valence-corrected chi connectivity index (χ1v) is 17.6. The van der Waals surface area contributed by atoms with Gasteiger partial charge in [-0.1, -0.05) is 182 Å². The van der Waals surface area contributed by atoms with E-state index in [-0.39, 0.29) is 0 Å². The van der Waals surface area contributed by atoms with Crippen molar-refractivity contribution in [2.24, 2.45) is 0 Å². The molecule has 0 amide bonds. The number of benzene rings is 9. The Labute approximate surface area is 301 Å². The Morgan fingerprint density at radius 3 is 1.06 bits per heavy atom. The standard InChI is InChI=1S/C49H31N3/c1-3-13-35(14-4-1)47-50-48(36-15-5-2-6-16-36)52-49(51-47)37-29-25-33(26-30-37)32-23-27-34(28-24-32)44-31-45-40-19-8-7-17-38(40)39-18-9-11-21-42(39)46(45)43-22-12-10-20-41(43)44/h1-31H. The van der Waals surface area contributed by atoms with Gasteiger partial charge >= 0.3 is 0 Å². The predicted molar refractivity (Wildman–Crippen MR) is 217 cm³/mol. The molecule has 9 aromatic carbocycles. The summed E-state index contributed by atoms with van der Waals surface area (Å²) in [6.45, 7) is 0. The van der Waals surface area contributed by atoms with Gasteiger partial charge in [0.25, 0.3) is 0 Å². The van der Waals surface area contributed by atoms with Crippen LogP contribution in [0.4, 0.5) is 0 Å². The Morgan fingerprint density at radius 2 is 0.558 bits per heavy atom. The number of hydrogen-bond acceptors (Lipinski definition) is 3. The second-order valence-corrected chi connectivity index (χ2v) is 13.2. The largest absolute Gasteiger partial charge is 0.208 e. The predicted octanol–water partition coefficient (Wildman–Crippen LogP) is 12.8. The van der Waals surface area contributed by atoms with Crippen molar-refractivity contribution in [1.82, 2.24) is 15.0 Å². The molecule has 0 atom stereocenters. The molecule has 0 saturated carbocycles. The molecule has 3 heteroatoms. The van der Waals surface area contributed by atoms with Crippen molar-refractivity contribution >= 4 is 43.1 Å². The SMILES string of the molecule is c1ccc(-c2nc(-c3ccccc3)nc(-c3ccc(-c4ccc(-c5cc6c7ccccc7c7ccccc7c6c6ccccc56)cc4)cc3)n2)cc1. The fourth-order valence-electron chi connectivity index (χ4n) is 7.60. The highest BCUT2D eigenvalue weighted by Gasteiger charge is 2.16. The average Bonchev–Trinajstić information content (AvgIpc) is 3.24. The van der Waals surface area contributed by atoms with E-state index < -0.39 is 0 Å². The lowest BCUT2D eigenvalue weighted by atomic mass is 9.87. The molecule has 10 rings (SSSR count). The van der Waals surface area contributed by atoms with E-state index >= 15 is 0 Å². The van der Waals surface area contributed by atoms with Gasteiger partial charge in [-0.25, -0.2) is 15.0 Å². The molecule has 0 aliphatic rings. The van der Waals surface area contributed by atoms with Crippen LogP contribution in [0.3, 0.4) is 0 Å². The van der Waals surface area contributed by atoms with E-state index in [0.717, 1.165) is 27.8 Å². The van der Waals surface area contributed by atoms with E-state index in [4.69, 9.17) is 15.0 Å². The lowest BCUT2D eigenvalue weighted by Crippen LogP contribution is -2.00. The maximum Gasteiger partial charge on any atom is 0.164 e. The van der Waals surface area contributed by atoms with Crippen molar-refractivity contribution in [3.63, 3.8) is 0 Å². The van der Waals surface area contributed by atoms with Gasteiger partial charge in [-0.2, -0.15) is 0 Å². The molecule has 52 heavy (non-hydrogen) atoms. The maximum atomic E-state index is 4.91. The Morgan fingerprint density at radius 1 is 0.231 bits per heavy atom. The molecule has 0 spiro atoms. The molecule has 0 unspecified atom stereocenters.